The van der Waals surface area contributed by atoms with E-state index in [1.54, 1.807) is 0 Å². The molecule has 0 amide bonds. The average molecular weight is 482 g/mol. The molecule has 2 heterocycles. The molecule has 1 aromatic rings. The third-order valence-electron chi connectivity index (χ3n) is 4.63. The first kappa shape index (κ1) is 22.9. The highest BCUT2D eigenvalue weighted by molar-refractivity contribution is 14.0. The van der Waals surface area contributed by atoms with Gasteiger partial charge < -0.3 is 9.64 Å². The minimum absolute atomic E-state index is 0. The molecule has 7 heteroatoms. The third kappa shape index (κ3) is 8.86. The van der Waals surface area contributed by atoms with Gasteiger partial charge in [0.2, 0.25) is 9.93 Å². The second-order valence-electron chi connectivity index (χ2n) is 6.69. The molecule has 1 N–H and O–H groups in total. The monoisotopic (exact) mass is 482 g/mol. The van der Waals surface area contributed by atoms with Crippen LogP contribution in [0.3, 0.4) is 0 Å². The van der Waals surface area contributed by atoms with Crippen molar-refractivity contribution in [3.05, 3.63) is 4.80 Å². The summed E-state index contributed by atoms with van der Waals surface area (Å²) in [6, 6.07) is 0. The Balaban J connectivity index is 0.00000312. The first-order chi connectivity index (χ1) is 11.8. The van der Waals surface area contributed by atoms with Crippen LogP contribution >= 0.6 is 35.3 Å². The first-order valence-electron chi connectivity index (χ1n) is 9.76. The number of nitrogens with zero attached hydrogens (tertiary/aromatic N) is 3. The SMILES string of the molecule is CCCCCCCCCCCCn1nc(N2CCOCC2)sc1=N.I. The standard InChI is InChI=1S/C18H34N4OS.HI/c1-2-3-4-5-6-7-8-9-10-11-12-22-17(19)24-18(20-22)21-13-15-23-16-14-21;/h19H,2-16H2,1H3;1H. The van der Waals surface area contributed by atoms with Gasteiger partial charge in [0.05, 0.1) is 13.2 Å². The van der Waals surface area contributed by atoms with Gasteiger partial charge in [0.25, 0.3) is 0 Å². The highest BCUT2D eigenvalue weighted by Crippen LogP contribution is 2.16. The number of rotatable bonds is 12. The Morgan fingerprint density at radius 3 is 2.12 bits per heavy atom. The van der Waals surface area contributed by atoms with Gasteiger partial charge in [0, 0.05) is 19.6 Å². The number of hydrogen-bond donors (Lipinski definition) is 1. The Hall–Kier alpha value is -0.150. The van der Waals surface area contributed by atoms with Crippen molar-refractivity contribution in [1.29, 1.82) is 5.41 Å². The van der Waals surface area contributed by atoms with Crippen molar-refractivity contribution in [2.45, 2.75) is 77.7 Å². The van der Waals surface area contributed by atoms with Gasteiger partial charge in [-0.05, 0) is 6.42 Å². The summed E-state index contributed by atoms with van der Waals surface area (Å²) in [5.74, 6) is 0. The quantitative estimate of drug-likeness (QED) is 0.344. The lowest BCUT2D eigenvalue weighted by atomic mass is 10.1. The zero-order valence-corrected chi connectivity index (χ0v) is 18.8. The van der Waals surface area contributed by atoms with Gasteiger partial charge >= 0.3 is 0 Å². The van der Waals surface area contributed by atoms with Gasteiger partial charge in [-0.3, -0.25) is 5.41 Å². The summed E-state index contributed by atoms with van der Waals surface area (Å²) in [6.07, 6.45) is 13.4. The molecular weight excluding hydrogens is 447 g/mol. The van der Waals surface area contributed by atoms with Crippen LogP contribution in [-0.4, -0.2) is 36.1 Å². The maximum atomic E-state index is 8.10. The number of halogens is 1. The molecule has 0 unspecified atom stereocenters. The normalized spacial score (nSPS) is 14.5. The second-order valence-corrected chi connectivity index (χ2v) is 7.65. The van der Waals surface area contributed by atoms with E-state index in [0.717, 1.165) is 44.4 Å². The maximum absolute atomic E-state index is 8.10. The van der Waals surface area contributed by atoms with Gasteiger partial charge in [0.15, 0.2) is 0 Å². The molecule has 0 atom stereocenters. The summed E-state index contributed by atoms with van der Waals surface area (Å²) in [4.78, 5) is 2.81. The molecule has 0 aromatic carbocycles. The molecule has 0 spiro atoms. The molecule has 5 nitrogen and oxygen atoms in total. The van der Waals surface area contributed by atoms with Crippen LogP contribution in [-0.2, 0) is 11.3 Å². The van der Waals surface area contributed by atoms with E-state index in [1.807, 2.05) is 4.68 Å². The van der Waals surface area contributed by atoms with Gasteiger partial charge in [-0.2, -0.15) is 0 Å². The van der Waals surface area contributed by atoms with Gasteiger partial charge in [0.1, 0.15) is 0 Å². The molecule has 0 saturated carbocycles. The van der Waals surface area contributed by atoms with E-state index in [4.69, 9.17) is 10.1 Å². The lowest BCUT2D eigenvalue weighted by Gasteiger charge is -2.25. The number of hydrogen-bond acceptors (Lipinski definition) is 5. The number of aromatic nitrogens is 2. The molecule has 1 aliphatic rings. The fourth-order valence-corrected chi connectivity index (χ4v) is 3.95. The Kier molecular flexibility index (Phi) is 12.8. The molecule has 0 aliphatic carbocycles. The smallest absolute Gasteiger partial charge is 0.207 e. The Morgan fingerprint density at radius 1 is 0.960 bits per heavy atom. The summed E-state index contributed by atoms with van der Waals surface area (Å²) in [5.41, 5.74) is 0. The molecule has 146 valence electrons. The number of morpholine rings is 1. The lowest BCUT2D eigenvalue weighted by molar-refractivity contribution is 0.122. The van der Waals surface area contributed by atoms with Crippen LogP contribution in [0, 0.1) is 5.41 Å². The van der Waals surface area contributed by atoms with E-state index in [-0.39, 0.29) is 24.0 Å². The molecule has 1 aromatic heterocycles. The van der Waals surface area contributed by atoms with Gasteiger partial charge in [-0.25, -0.2) is 4.68 Å². The van der Waals surface area contributed by atoms with Crippen LogP contribution in [0.2, 0.25) is 0 Å². The van der Waals surface area contributed by atoms with E-state index in [0.29, 0.717) is 4.80 Å². The average Bonchev–Trinajstić information content (AvgIpc) is 2.98. The van der Waals surface area contributed by atoms with Crippen LogP contribution < -0.4 is 9.70 Å². The Labute approximate surface area is 173 Å². The lowest BCUT2D eigenvalue weighted by Crippen LogP contribution is -2.36. The fraction of sp³-hybridized carbons (Fsp3) is 0.889. The van der Waals surface area contributed by atoms with Crippen molar-refractivity contribution in [2.75, 3.05) is 31.2 Å². The molecule has 1 aliphatic heterocycles. The molecule has 0 radical (unpaired) electrons. The molecular formula is C18H35IN4OS. The molecule has 1 fully saturated rings. The van der Waals surface area contributed by atoms with Crippen LogP contribution in [0.25, 0.3) is 0 Å². The summed E-state index contributed by atoms with van der Waals surface area (Å²) < 4.78 is 7.25. The van der Waals surface area contributed by atoms with Crippen molar-refractivity contribution < 1.29 is 4.74 Å². The number of unbranched alkanes of at least 4 members (excludes halogenated alkanes) is 9. The van der Waals surface area contributed by atoms with E-state index in [1.165, 1.54) is 69.1 Å². The molecule has 2 rings (SSSR count). The molecule has 1 saturated heterocycles. The largest absolute Gasteiger partial charge is 0.378 e. The highest BCUT2D eigenvalue weighted by atomic mass is 127. The minimum atomic E-state index is 0. The number of nitrogens with one attached hydrogen (secondary N) is 1. The zero-order chi connectivity index (χ0) is 17.0. The second kappa shape index (κ2) is 14.0. The maximum Gasteiger partial charge on any atom is 0.207 e. The van der Waals surface area contributed by atoms with E-state index in [2.05, 4.69) is 16.9 Å². The predicted molar refractivity (Wildman–Crippen MR) is 116 cm³/mol. The topological polar surface area (TPSA) is 54.1 Å². The Bertz CT molecular complexity index is 500. The zero-order valence-electron chi connectivity index (χ0n) is 15.7. The summed E-state index contributed by atoms with van der Waals surface area (Å²) >= 11 is 1.49. The van der Waals surface area contributed by atoms with E-state index in [9.17, 15) is 0 Å². The number of aryl methyl sites for hydroxylation is 1. The summed E-state index contributed by atoms with van der Waals surface area (Å²) in [5, 5.41) is 13.7. The summed E-state index contributed by atoms with van der Waals surface area (Å²) in [6.45, 7) is 6.48. The molecule has 25 heavy (non-hydrogen) atoms. The fourth-order valence-electron chi connectivity index (χ4n) is 3.09. The van der Waals surface area contributed by atoms with Crippen molar-refractivity contribution in [2.24, 2.45) is 0 Å². The van der Waals surface area contributed by atoms with Crippen molar-refractivity contribution in [3.8, 4) is 0 Å². The summed E-state index contributed by atoms with van der Waals surface area (Å²) in [7, 11) is 0. The van der Waals surface area contributed by atoms with E-state index >= 15 is 0 Å². The number of anilines is 1. The van der Waals surface area contributed by atoms with E-state index < -0.39 is 0 Å². The third-order valence-corrected chi connectivity index (χ3v) is 5.56. The van der Waals surface area contributed by atoms with Crippen molar-refractivity contribution in [1.82, 2.24) is 9.78 Å². The highest BCUT2D eigenvalue weighted by Gasteiger charge is 2.15. The predicted octanol–water partition coefficient (Wildman–Crippen LogP) is 4.80. The first-order valence-corrected chi connectivity index (χ1v) is 10.6. The minimum Gasteiger partial charge on any atom is -0.378 e. The van der Waals surface area contributed by atoms with Crippen LogP contribution in [0.5, 0.6) is 0 Å². The van der Waals surface area contributed by atoms with Gasteiger partial charge in [-0.15, -0.1) is 29.1 Å². The van der Waals surface area contributed by atoms with Crippen LogP contribution in [0.15, 0.2) is 0 Å². The van der Waals surface area contributed by atoms with Gasteiger partial charge in [-0.1, -0.05) is 76.0 Å². The van der Waals surface area contributed by atoms with Crippen LogP contribution in [0.4, 0.5) is 5.13 Å². The van der Waals surface area contributed by atoms with Crippen molar-refractivity contribution in [3.63, 3.8) is 0 Å². The van der Waals surface area contributed by atoms with Crippen LogP contribution in [0.1, 0.15) is 71.1 Å². The number of ether oxygens (including phenoxy) is 1. The Morgan fingerprint density at radius 2 is 1.52 bits per heavy atom. The van der Waals surface area contributed by atoms with Crippen molar-refractivity contribution >= 4 is 40.4 Å². The molecule has 0 bridgehead atoms.